The van der Waals surface area contributed by atoms with Crippen molar-refractivity contribution in [2.45, 2.75) is 25.8 Å². The summed E-state index contributed by atoms with van der Waals surface area (Å²) in [6, 6.07) is 16.1. The highest BCUT2D eigenvalue weighted by Gasteiger charge is 2.44. The minimum Gasteiger partial charge on any atom is -0.478 e. The highest BCUT2D eigenvalue weighted by atomic mass is 16.4. The number of carboxylic acids is 1. The van der Waals surface area contributed by atoms with Crippen molar-refractivity contribution in [1.82, 2.24) is 14.8 Å². The summed E-state index contributed by atoms with van der Waals surface area (Å²) in [5, 5.41) is 14.0. The maximum Gasteiger partial charge on any atom is 0.338 e. The molecule has 32 heavy (non-hydrogen) atoms. The Kier molecular flexibility index (Phi) is 5.06. The summed E-state index contributed by atoms with van der Waals surface area (Å²) in [7, 11) is 0. The number of benzene rings is 2. The molecular weight excluding hydrogens is 406 g/mol. The number of carboxylic acid groups (broad SMARTS) is 1. The Labute approximate surface area is 185 Å². The van der Waals surface area contributed by atoms with E-state index in [1.54, 1.807) is 28.8 Å². The van der Waals surface area contributed by atoms with E-state index < -0.39 is 5.97 Å². The van der Waals surface area contributed by atoms with Crippen molar-refractivity contribution in [3.63, 3.8) is 0 Å². The SMILES string of the molecule is O=C(O)c1c(CN2CCC3(CCNC3=O)CC2)n(-c2ccccc2)c(=O)c2ccccc12. The molecule has 0 atom stereocenters. The summed E-state index contributed by atoms with van der Waals surface area (Å²) in [5.74, 6) is -0.917. The number of nitrogens with zero attached hydrogens (tertiary/aromatic N) is 2. The number of likely N-dealkylation sites (tertiary alicyclic amines) is 1. The number of para-hydroxylation sites is 1. The molecule has 1 amide bonds. The van der Waals surface area contributed by atoms with E-state index in [0.29, 0.717) is 41.8 Å². The minimum atomic E-state index is -1.05. The van der Waals surface area contributed by atoms with Crippen LogP contribution < -0.4 is 10.9 Å². The fourth-order valence-corrected chi connectivity index (χ4v) is 5.18. The van der Waals surface area contributed by atoms with Gasteiger partial charge in [0.15, 0.2) is 0 Å². The topological polar surface area (TPSA) is 91.6 Å². The highest BCUT2D eigenvalue weighted by molar-refractivity contribution is 6.04. The third-order valence-corrected chi connectivity index (χ3v) is 6.97. The first-order valence-corrected chi connectivity index (χ1v) is 11.0. The van der Waals surface area contributed by atoms with E-state index in [4.69, 9.17) is 0 Å². The van der Waals surface area contributed by atoms with E-state index in [9.17, 15) is 19.5 Å². The Morgan fingerprint density at radius 1 is 0.938 bits per heavy atom. The number of amides is 1. The molecular formula is C25H25N3O4. The van der Waals surface area contributed by atoms with Crippen LogP contribution in [-0.4, -0.2) is 46.1 Å². The van der Waals surface area contributed by atoms with Crippen LogP contribution in [0, 0.1) is 5.41 Å². The standard InChI is InChI=1S/C25H25N3O4/c29-22-19-9-5-4-8-18(19)21(23(30)31)20(28(22)17-6-2-1-3-7-17)16-27-14-11-25(12-15-27)10-13-26-24(25)32/h1-9H,10-16H2,(H,26,32)(H,30,31). The van der Waals surface area contributed by atoms with Gasteiger partial charge in [0.1, 0.15) is 0 Å². The smallest absolute Gasteiger partial charge is 0.338 e. The third-order valence-electron chi connectivity index (χ3n) is 6.97. The normalized spacial score (nSPS) is 18.2. The number of carbonyl (C=O) groups is 2. The Morgan fingerprint density at radius 3 is 2.22 bits per heavy atom. The van der Waals surface area contributed by atoms with Crippen LogP contribution in [0.3, 0.4) is 0 Å². The predicted octanol–water partition coefficient (Wildman–Crippen LogP) is 2.79. The molecule has 1 aromatic heterocycles. The molecule has 0 aliphatic carbocycles. The fourth-order valence-electron chi connectivity index (χ4n) is 5.18. The number of pyridine rings is 1. The lowest BCUT2D eigenvalue weighted by Crippen LogP contribution is -2.44. The second-order valence-electron chi connectivity index (χ2n) is 8.71. The number of aromatic carboxylic acids is 1. The van der Waals surface area contributed by atoms with Crippen molar-refractivity contribution >= 4 is 22.6 Å². The molecule has 2 fully saturated rings. The fraction of sp³-hybridized carbons (Fsp3) is 0.320. The van der Waals surface area contributed by atoms with Gasteiger partial charge in [0.2, 0.25) is 5.91 Å². The third kappa shape index (κ3) is 3.29. The quantitative estimate of drug-likeness (QED) is 0.663. The van der Waals surface area contributed by atoms with E-state index >= 15 is 0 Å². The van der Waals surface area contributed by atoms with Gasteiger partial charge in [-0.1, -0.05) is 36.4 Å². The molecule has 3 heterocycles. The van der Waals surface area contributed by atoms with Gasteiger partial charge in [0, 0.05) is 29.5 Å². The van der Waals surface area contributed by atoms with Gasteiger partial charge in [0.25, 0.3) is 5.56 Å². The van der Waals surface area contributed by atoms with E-state index in [0.717, 1.165) is 25.8 Å². The Morgan fingerprint density at radius 2 is 1.59 bits per heavy atom. The molecule has 0 bridgehead atoms. The van der Waals surface area contributed by atoms with Crippen LogP contribution in [-0.2, 0) is 11.3 Å². The zero-order valence-electron chi connectivity index (χ0n) is 17.7. The Hall–Kier alpha value is -3.45. The number of aromatic nitrogens is 1. The number of hydrogen-bond acceptors (Lipinski definition) is 4. The van der Waals surface area contributed by atoms with Crippen LogP contribution in [0.15, 0.2) is 59.4 Å². The van der Waals surface area contributed by atoms with Crippen LogP contribution in [0.2, 0.25) is 0 Å². The molecule has 3 aromatic rings. The molecule has 0 unspecified atom stereocenters. The largest absolute Gasteiger partial charge is 0.478 e. The summed E-state index contributed by atoms with van der Waals surface area (Å²) < 4.78 is 1.54. The summed E-state index contributed by atoms with van der Waals surface area (Å²) in [6.07, 6.45) is 2.33. The van der Waals surface area contributed by atoms with Crippen molar-refractivity contribution in [2.24, 2.45) is 5.41 Å². The Balaban J connectivity index is 1.61. The van der Waals surface area contributed by atoms with Crippen LogP contribution >= 0.6 is 0 Å². The molecule has 164 valence electrons. The summed E-state index contributed by atoms with van der Waals surface area (Å²) >= 11 is 0. The molecule has 7 heteroatoms. The average molecular weight is 431 g/mol. The number of hydrogen-bond donors (Lipinski definition) is 2. The molecule has 0 saturated carbocycles. The molecule has 1 spiro atoms. The second kappa shape index (κ2) is 7.91. The predicted molar refractivity (Wildman–Crippen MR) is 121 cm³/mol. The second-order valence-corrected chi connectivity index (χ2v) is 8.71. The van der Waals surface area contributed by atoms with Gasteiger partial charge < -0.3 is 10.4 Å². The van der Waals surface area contributed by atoms with E-state index in [-0.39, 0.29) is 22.4 Å². The number of piperidine rings is 1. The average Bonchev–Trinajstić information content (AvgIpc) is 3.15. The van der Waals surface area contributed by atoms with Gasteiger partial charge in [-0.25, -0.2) is 4.79 Å². The van der Waals surface area contributed by atoms with Crippen LogP contribution in [0.5, 0.6) is 0 Å². The number of rotatable bonds is 4. The number of fused-ring (bicyclic) bond motifs is 1. The number of nitrogens with one attached hydrogen (secondary N) is 1. The zero-order valence-corrected chi connectivity index (χ0v) is 17.7. The zero-order chi connectivity index (χ0) is 22.3. The van der Waals surface area contributed by atoms with Crippen molar-refractivity contribution < 1.29 is 14.7 Å². The molecule has 2 saturated heterocycles. The molecule has 5 rings (SSSR count). The minimum absolute atomic E-state index is 0.135. The van der Waals surface area contributed by atoms with Gasteiger partial charge in [-0.05, 0) is 50.6 Å². The lowest BCUT2D eigenvalue weighted by molar-refractivity contribution is -0.130. The highest BCUT2D eigenvalue weighted by Crippen LogP contribution is 2.38. The molecule has 0 radical (unpaired) electrons. The van der Waals surface area contributed by atoms with Gasteiger partial charge in [-0.2, -0.15) is 0 Å². The van der Waals surface area contributed by atoms with Crippen molar-refractivity contribution in [3.8, 4) is 5.69 Å². The van der Waals surface area contributed by atoms with E-state index in [2.05, 4.69) is 10.2 Å². The summed E-state index contributed by atoms with van der Waals surface area (Å²) in [4.78, 5) is 40.4. The van der Waals surface area contributed by atoms with E-state index in [1.807, 2.05) is 30.3 Å². The molecule has 2 N–H and O–H groups in total. The van der Waals surface area contributed by atoms with Gasteiger partial charge >= 0.3 is 5.97 Å². The van der Waals surface area contributed by atoms with Gasteiger partial charge in [-0.3, -0.25) is 19.1 Å². The molecule has 2 aromatic carbocycles. The van der Waals surface area contributed by atoms with Crippen LogP contribution in [0.25, 0.3) is 16.5 Å². The summed E-state index contributed by atoms with van der Waals surface area (Å²) in [6.45, 7) is 2.42. The van der Waals surface area contributed by atoms with Crippen molar-refractivity contribution in [1.29, 1.82) is 0 Å². The first kappa shape index (κ1) is 20.5. The van der Waals surface area contributed by atoms with E-state index in [1.165, 1.54) is 0 Å². The molecule has 2 aliphatic heterocycles. The van der Waals surface area contributed by atoms with Crippen LogP contribution in [0.1, 0.15) is 35.3 Å². The van der Waals surface area contributed by atoms with Gasteiger partial charge in [-0.15, -0.1) is 0 Å². The van der Waals surface area contributed by atoms with Crippen LogP contribution in [0.4, 0.5) is 0 Å². The lowest BCUT2D eigenvalue weighted by Gasteiger charge is -2.37. The monoisotopic (exact) mass is 431 g/mol. The maximum absolute atomic E-state index is 13.5. The summed E-state index contributed by atoms with van der Waals surface area (Å²) in [5.41, 5.74) is 0.747. The Bertz CT molecular complexity index is 1260. The first-order chi connectivity index (χ1) is 15.5. The first-order valence-electron chi connectivity index (χ1n) is 11.0. The van der Waals surface area contributed by atoms with Gasteiger partial charge in [0.05, 0.1) is 16.7 Å². The molecule has 7 nitrogen and oxygen atoms in total. The maximum atomic E-state index is 13.5. The van der Waals surface area contributed by atoms with Crippen molar-refractivity contribution in [2.75, 3.05) is 19.6 Å². The van der Waals surface area contributed by atoms with Crippen molar-refractivity contribution in [3.05, 3.63) is 76.2 Å². The number of carbonyl (C=O) groups excluding carboxylic acids is 1. The molecule has 2 aliphatic rings. The lowest BCUT2D eigenvalue weighted by atomic mass is 9.77.